The van der Waals surface area contributed by atoms with Crippen LogP contribution in [-0.4, -0.2) is 74.8 Å². The minimum absolute atomic E-state index is 0.641. The van der Waals surface area contributed by atoms with Crippen LogP contribution in [-0.2, 0) is 11.3 Å². The zero-order valence-electron chi connectivity index (χ0n) is 17.5. The Morgan fingerprint density at radius 3 is 2.68 bits per heavy atom. The summed E-state index contributed by atoms with van der Waals surface area (Å²) in [4.78, 5) is 9.70. The first-order chi connectivity index (χ1) is 13.8. The van der Waals surface area contributed by atoms with Gasteiger partial charge >= 0.3 is 0 Å². The Bertz CT molecular complexity index is 608. The third-order valence-electron chi connectivity index (χ3n) is 5.56. The number of nitrogens with zero attached hydrogens (tertiary/aromatic N) is 3. The molecule has 3 rings (SSSR count). The number of likely N-dealkylation sites (tertiary alicyclic amines) is 1. The van der Waals surface area contributed by atoms with Crippen LogP contribution in [0.15, 0.2) is 29.3 Å². The van der Waals surface area contributed by atoms with Crippen LogP contribution in [0.25, 0.3) is 0 Å². The van der Waals surface area contributed by atoms with Gasteiger partial charge in [-0.15, -0.1) is 0 Å². The normalized spacial score (nSPS) is 19.6. The maximum absolute atomic E-state index is 6.11. The third-order valence-corrected chi connectivity index (χ3v) is 5.56. The average Bonchev–Trinajstić information content (AvgIpc) is 2.73. The smallest absolute Gasteiger partial charge is 0.194 e. The molecule has 0 bridgehead atoms. The molecule has 1 aromatic carbocycles. The molecule has 0 spiro atoms. The lowest BCUT2D eigenvalue weighted by molar-refractivity contribution is 0.0322. The number of hydrogen-bond donors (Lipinski definition) is 1. The van der Waals surface area contributed by atoms with Crippen molar-refractivity contribution in [2.45, 2.75) is 33.2 Å². The van der Waals surface area contributed by atoms with Crippen LogP contribution in [0.3, 0.4) is 0 Å². The lowest BCUT2D eigenvalue weighted by atomic mass is 10.00. The van der Waals surface area contributed by atoms with Gasteiger partial charge in [0, 0.05) is 44.8 Å². The van der Waals surface area contributed by atoms with Gasteiger partial charge in [-0.25, -0.2) is 4.99 Å². The summed E-state index contributed by atoms with van der Waals surface area (Å²) in [6.07, 6.45) is 2.48. The first-order valence-corrected chi connectivity index (χ1v) is 10.8. The van der Waals surface area contributed by atoms with E-state index in [0.29, 0.717) is 13.2 Å². The van der Waals surface area contributed by atoms with Crippen LogP contribution >= 0.6 is 0 Å². The molecule has 0 aromatic heterocycles. The molecule has 2 aliphatic rings. The van der Waals surface area contributed by atoms with Crippen molar-refractivity contribution in [3.8, 4) is 5.75 Å². The van der Waals surface area contributed by atoms with Crippen LogP contribution in [0.2, 0.25) is 0 Å². The highest BCUT2D eigenvalue weighted by Gasteiger charge is 2.18. The molecule has 2 heterocycles. The second-order valence-corrected chi connectivity index (χ2v) is 7.75. The number of guanidine groups is 1. The van der Waals surface area contributed by atoms with Crippen LogP contribution in [0.1, 0.15) is 32.3 Å². The first-order valence-electron chi connectivity index (χ1n) is 10.8. The first kappa shape index (κ1) is 20.9. The lowest BCUT2D eigenvalue weighted by Crippen LogP contribution is -2.45. The van der Waals surface area contributed by atoms with E-state index in [0.717, 1.165) is 75.7 Å². The Morgan fingerprint density at radius 2 is 1.93 bits per heavy atom. The van der Waals surface area contributed by atoms with Crippen molar-refractivity contribution < 1.29 is 9.47 Å². The van der Waals surface area contributed by atoms with Gasteiger partial charge in [0.25, 0.3) is 0 Å². The Morgan fingerprint density at radius 1 is 1.18 bits per heavy atom. The van der Waals surface area contributed by atoms with Gasteiger partial charge in [-0.05, 0) is 31.7 Å². The van der Waals surface area contributed by atoms with Crippen molar-refractivity contribution in [1.82, 2.24) is 15.1 Å². The van der Waals surface area contributed by atoms with Crippen LogP contribution in [0, 0.1) is 5.92 Å². The zero-order chi connectivity index (χ0) is 19.6. The van der Waals surface area contributed by atoms with Crippen LogP contribution in [0.4, 0.5) is 0 Å². The summed E-state index contributed by atoms with van der Waals surface area (Å²) in [5.74, 6) is 2.79. The van der Waals surface area contributed by atoms with Gasteiger partial charge in [-0.3, -0.25) is 4.90 Å². The fourth-order valence-corrected chi connectivity index (χ4v) is 3.69. The van der Waals surface area contributed by atoms with E-state index in [1.165, 1.54) is 12.8 Å². The van der Waals surface area contributed by atoms with Gasteiger partial charge in [-0.2, -0.15) is 0 Å². The van der Waals surface area contributed by atoms with E-state index in [1.807, 2.05) is 6.07 Å². The summed E-state index contributed by atoms with van der Waals surface area (Å²) in [5.41, 5.74) is 1.14. The monoisotopic (exact) mass is 388 g/mol. The fraction of sp³-hybridized carbons (Fsp3) is 0.682. The van der Waals surface area contributed by atoms with Gasteiger partial charge in [0.1, 0.15) is 12.4 Å². The van der Waals surface area contributed by atoms with E-state index in [1.54, 1.807) is 0 Å². The summed E-state index contributed by atoms with van der Waals surface area (Å²) in [5, 5.41) is 3.46. The standard InChI is InChI=1S/C22H36N4O2/c1-3-23-22(26-10-8-19(2)9-11-26)24-18-20-6-4-5-7-21(20)28-17-14-25-12-15-27-16-13-25/h4-7,19H,3,8-18H2,1-2H3,(H,23,24). The van der Waals surface area contributed by atoms with Crippen LogP contribution < -0.4 is 10.1 Å². The molecule has 2 fully saturated rings. The Balaban J connectivity index is 1.56. The molecule has 28 heavy (non-hydrogen) atoms. The highest BCUT2D eigenvalue weighted by molar-refractivity contribution is 5.80. The summed E-state index contributed by atoms with van der Waals surface area (Å²) in [6, 6.07) is 8.28. The molecule has 1 aromatic rings. The van der Waals surface area contributed by atoms with Crippen molar-refractivity contribution in [3.05, 3.63) is 29.8 Å². The number of rotatable bonds is 7. The molecule has 6 nitrogen and oxygen atoms in total. The Kier molecular flexibility index (Phi) is 8.42. The van der Waals surface area contributed by atoms with Gasteiger partial charge in [0.15, 0.2) is 5.96 Å². The molecule has 0 aliphatic carbocycles. The highest BCUT2D eigenvalue weighted by atomic mass is 16.5. The van der Waals surface area contributed by atoms with Gasteiger partial charge in [-0.1, -0.05) is 25.1 Å². The van der Waals surface area contributed by atoms with Gasteiger partial charge < -0.3 is 19.7 Å². The minimum atomic E-state index is 0.641. The third kappa shape index (κ3) is 6.38. The molecule has 2 saturated heterocycles. The number of piperidine rings is 1. The van der Waals surface area contributed by atoms with E-state index in [9.17, 15) is 0 Å². The molecule has 0 atom stereocenters. The number of benzene rings is 1. The molecule has 0 amide bonds. The van der Waals surface area contributed by atoms with E-state index in [2.05, 4.69) is 47.2 Å². The van der Waals surface area contributed by atoms with E-state index >= 15 is 0 Å². The topological polar surface area (TPSA) is 49.3 Å². The zero-order valence-corrected chi connectivity index (χ0v) is 17.5. The molecular weight excluding hydrogens is 352 g/mol. The second kappa shape index (κ2) is 11.3. The summed E-state index contributed by atoms with van der Waals surface area (Å²) >= 11 is 0. The van der Waals surface area contributed by atoms with Gasteiger partial charge in [0.2, 0.25) is 0 Å². The molecule has 0 radical (unpaired) electrons. The molecular formula is C22H36N4O2. The molecule has 156 valence electrons. The van der Waals surface area contributed by atoms with Crippen molar-refractivity contribution in [1.29, 1.82) is 0 Å². The second-order valence-electron chi connectivity index (χ2n) is 7.75. The molecule has 1 N–H and O–H groups in total. The number of hydrogen-bond acceptors (Lipinski definition) is 4. The summed E-state index contributed by atoms with van der Waals surface area (Å²) in [7, 11) is 0. The fourth-order valence-electron chi connectivity index (χ4n) is 3.69. The van der Waals surface area contributed by atoms with Gasteiger partial charge in [0.05, 0.1) is 19.8 Å². The predicted octanol–water partition coefficient (Wildman–Crippen LogP) is 2.60. The number of aliphatic imine (C=N–C) groups is 1. The number of ether oxygens (including phenoxy) is 2. The van der Waals surface area contributed by atoms with Crippen molar-refractivity contribution in [3.63, 3.8) is 0 Å². The van der Waals surface area contributed by atoms with E-state index < -0.39 is 0 Å². The molecule has 0 saturated carbocycles. The lowest BCUT2D eigenvalue weighted by Gasteiger charge is -2.33. The van der Waals surface area contributed by atoms with Crippen molar-refractivity contribution in [2.75, 3.05) is 59.1 Å². The Labute approximate surface area is 169 Å². The van der Waals surface area contributed by atoms with Crippen molar-refractivity contribution >= 4 is 5.96 Å². The van der Waals surface area contributed by atoms with Crippen molar-refractivity contribution in [2.24, 2.45) is 10.9 Å². The summed E-state index contributed by atoms with van der Waals surface area (Å²) in [6.45, 7) is 13.5. The van der Waals surface area contributed by atoms with E-state index in [4.69, 9.17) is 14.5 Å². The maximum Gasteiger partial charge on any atom is 0.194 e. The predicted molar refractivity (Wildman–Crippen MR) is 114 cm³/mol. The SMILES string of the molecule is CCNC(=NCc1ccccc1OCCN1CCOCC1)N1CCC(C)CC1. The maximum atomic E-state index is 6.11. The summed E-state index contributed by atoms with van der Waals surface area (Å²) < 4.78 is 11.5. The van der Waals surface area contributed by atoms with Crippen LogP contribution in [0.5, 0.6) is 5.75 Å². The molecule has 2 aliphatic heterocycles. The average molecular weight is 389 g/mol. The molecule has 6 heteroatoms. The number of nitrogens with one attached hydrogen (secondary N) is 1. The van der Waals surface area contributed by atoms with E-state index in [-0.39, 0.29) is 0 Å². The largest absolute Gasteiger partial charge is 0.492 e. The highest BCUT2D eigenvalue weighted by Crippen LogP contribution is 2.20. The number of para-hydroxylation sites is 1. The quantitative estimate of drug-likeness (QED) is 0.575. The Hall–Kier alpha value is -1.79. The molecule has 0 unspecified atom stereocenters. The minimum Gasteiger partial charge on any atom is -0.492 e. The number of morpholine rings is 1.